The summed E-state index contributed by atoms with van der Waals surface area (Å²) in [6, 6.07) is 0. The number of hydrogen-bond donors (Lipinski definition) is 0. The first-order valence-electron chi connectivity index (χ1n) is 9.16. The van der Waals surface area contributed by atoms with Gasteiger partial charge in [-0.2, -0.15) is 0 Å². The Morgan fingerprint density at radius 3 is 2.61 bits per heavy atom. The van der Waals surface area contributed by atoms with Crippen molar-refractivity contribution in [2.24, 2.45) is 5.92 Å². The molecule has 4 nitrogen and oxygen atoms in total. The summed E-state index contributed by atoms with van der Waals surface area (Å²) in [6.07, 6.45) is 9.71. The molecule has 0 N–H and O–H groups in total. The standard InChI is InChI=1S/C19H34O4/c1-6-10-11-15(7-2)13-19(9-4)14-16(8-3)17(22-23-19)12-18(20)21-5/h14-15,17H,6-13H2,1-5H3/t15-,17-,19-/m0/s1. The lowest BCUT2D eigenvalue weighted by atomic mass is 9.81. The quantitative estimate of drug-likeness (QED) is 0.323. The predicted molar refractivity (Wildman–Crippen MR) is 91.9 cm³/mol. The van der Waals surface area contributed by atoms with E-state index >= 15 is 0 Å². The van der Waals surface area contributed by atoms with Crippen LogP contribution in [0.25, 0.3) is 0 Å². The van der Waals surface area contributed by atoms with Gasteiger partial charge in [-0.05, 0) is 36.8 Å². The van der Waals surface area contributed by atoms with Crippen molar-refractivity contribution in [1.29, 1.82) is 0 Å². The first-order valence-corrected chi connectivity index (χ1v) is 9.16. The summed E-state index contributed by atoms with van der Waals surface area (Å²) in [4.78, 5) is 23.0. The van der Waals surface area contributed by atoms with E-state index in [0.29, 0.717) is 5.92 Å². The maximum atomic E-state index is 11.5. The molecule has 4 heteroatoms. The van der Waals surface area contributed by atoms with Crippen molar-refractivity contribution in [1.82, 2.24) is 0 Å². The molecule has 0 saturated carbocycles. The molecule has 0 aromatic rings. The molecule has 0 radical (unpaired) electrons. The highest BCUT2D eigenvalue weighted by Crippen LogP contribution is 2.37. The van der Waals surface area contributed by atoms with E-state index in [2.05, 4.69) is 33.8 Å². The summed E-state index contributed by atoms with van der Waals surface area (Å²) in [7, 11) is 1.40. The summed E-state index contributed by atoms with van der Waals surface area (Å²) in [6.45, 7) is 8.72. The second-order valence-corrected chi connectivity index (χ2v) is 6.56. The van der Waals surface area contributed by atoms with Crippen molar-refractivity contribution in [3.05, 3.63) is 11.6 Å². The van der Waals surface area contributed by atoms with Gasteiger partial charge in [0.05, 0.1) is 13.5 Å². The van der Waals surface area contributed by atoms with Gasteiger partial charge >= 0.3 is 5.97 Å². The number of rotatable bonds is 10. The van der Waals surface area contributed by atoms with Crippen molar-refractivity contribution in [3.63, 3.8) is 0 Å². The SMILES string of the molecule is CCCC[C@H](CC)C[C@@]1(CC)C=C(CC)[C@H](CC(=O)OC)OO1. The molecule has 0 bridgehead atoms. The normalized spacial score (nSPS) is 25.8. The Kier molecular flexibility index (Phi) is 8.85. The van der Waals surface area contributed by atoms with Gasteiger partial charge < -0.3 is 4.74 Å². The molecule has 1 aliphatic rings. The molecule has 1 rings (SSSR count). The minimum atomic E-state index is -0.355. The molecule has 3 atom stereocenters. The fourth-order valence-electron chi connectivity index (χ4n) is 3.23. The topological polar surface area (TPSA) is 44.8 Å². The van der Waals surface area contributed by atoms with Crippen LogP contribution in [0, 0.1) is 5.92 Å². The van der Waals surface area contributed by atoms with Gasteiger partial charge in [-0.3, -0.25) is 4.79 Å². The molecule has 1 heterocycles. The van der Waals surface area contributed by atoms with Crippen molar-refractivity contribution in [2.75, 3.05) is 7.11 Å². The largest absolute Gasteiger partial charge is 0.469 e. The summed E-state index contributed by atoms with van der Waals surface area (Å²) in [5, 5.41) is 0. The molecule has 0 spiro atoms. The number of unbranched alkanes of at least 4 members (excludes halogenated alkanes) is 1. The Labute approximate surface area is 141 Å². The number of ether oxygens (including phenoxy) is 1. The van der Waals surface area contributed by atoms with Gasteiger partial charge in [0.15, 0.2) is 0 Å². The van der Waals surface area contributed by atoms with Crippen LogP contribution in [0.15, 0.2) is 11.6 Å². The van der Waals surface area contributed by atoms with Crippen LogP contribution in [0.4, 0.5) is 0 Å². The number of carbonyl (C=O) groups excluding carboxylic acids is 1. The van der Waals surface area contributed by atoms with Crippen LogP contribution in [0.3, 0.4) is 0 Å². The third kappa shape index (κ3) is 5.92. The number of hydrogen-bond acceptors (Lipinski definition) is 4. The van der Waals surface area contributed by atoms with Gasteiger partial charge in [0.1, 0.15) is 11.7 Å². The Morgan fingerprint density at radius 2 is 2.09 bits per heavy atom. The van der Waals surface area contributed by atoms with Gasteiger partial charge in [-0.1, -0.05) is 53.4 Å². The van der Waals surface area contributed by atoms with E-state index in [1.165, 1.54) is 26.4 Å². The van der Waals surface area contributed by atoms with Crippen LogP contribution < -0.4 is 0 Å². The van der Waals surface area contributed by atoms with Gasteiger partial charge in [0.25, 0.3) is 0 Å². The van der Waals surface area contributed by atoms with Crippen molar-refractivity contribution >= 4 is 5.97 Å². The van der Waals surface area contributed by atoms with E-state index in [0.717, 1.165) is 31.3 Å². The minimum Gasteiger partial charge on any atom is -0.469 e. The molecule has 0 aromatic heterocycles. The third-order valence-electron chi connectivity index (χ3n) is 4.96. The second kappa shape index (κ2) is 10.1. The summed E-state index contributed by atoms with van der Waals surface area (Å²) in [5.74, 6) is 0.376. The molecule has 0 aromatic carbocycles. The first-order chi connectivity index (χ1) is 11.0. The van der Waals surface area contributed by atoms with E-state index in [1.54, 1.807) is 0 Å². The summed E-state index contributed by atoms with van der Waals surface area (Å²) >= 11 is 0. The zero-order chi connectivity index (χ0) is 17.3. The van der Waals surface area contributed by atoms with Crippen molar-refractivity contribution < 1.29 is 19.3 Å². The lowest BCUT2D eigenvalue weighted by Gasteiger charge is -2.38. The maximum Gasteiger partial charge on any atom is 0.308 e. The Hall–Kier alpha value is -0.870. The highest BCUT2D eigenvalue weighted by Gasteiger charge is 2.38. The Bertz CT molecular complexity index is 391. The van der Waals surface area contributed by atoms with Crippen LogP contribution >= 0.6 is 0 Å². The number of carbonyl (C=O) groups is 1. The van der Waals surface area contributed by atoms with Crippen LogP contribution in [0.5, 0.6) is 0 Å². The second-order valence-electron chi connectivity index (χ2n) is 6.56. The average Bonchev–Trinajstić information content (AvgIpc) is 2.59. The molecule has 23 heavy (non-hydrogen) atoms. The van der Waals surface area contributed by atoms with E-state index in [4.69, 9.17) is 14.5 Å². The molecule has 0 unspecified atom stereocenters. The van der Waals surface area contributed by atoms with Crippen LogP contribution in [0.1, 0.15) is 79.1 Å². The lowest BCUT2D eigenvalue weighted by Crippen LogP contribution is -2.40. The molecule has 0 saturated heterocycles. The van der Waals surface area contributed by atoms with E-state index < -0.39 is 0 Å². The highest BCUT2D eigenvalue weighted by atomic mass is 17.2. The minimum absolute atomic E-state index is 0.211. The Balaban J connectivity index is 2.85. The fraction of sp³-hybridized carbons (Fsp3) is 0.842. The number of methoxy groups -OCH3 is 1. The zero-order valence-corrected chi connectivity index (χ0v) is 15.5. The molecular weight excluding hydrogens is 292 g/mol. The van der Waals surface area contributed by atoms with Crippen LogP contribution in [0.2, 0.25) is 0 Å². The van der Waals surface area contributed by atoms with Gasteiger partial charge in [0.2, 0.25) is 0 Å². The van der Waals surface area contributed by atoms with Gasteiger partial charge in [0, 0.05) is 0 Å². The molecule has 0 amide bonds. The van der Waals surface area contributed by atoms with Crippen LogP contribution in [-0.2, 0) is 19.3 Å². The van der Waals surface area contributed by atoms with Gasteiger partial charge in [-0.15, -0.1) is 0 Å². The lowest BCUT2D eigenvalue weighted by molar-refractivity contribution is -0.379. The zero-order valence-electron chi connectivity index (χ0n) is 15.5. The maximum absolute atomic E-state index is 11.5. The average molecular weight is 326 g/mol. The predicted octanol–water partition coefficient (Wildman–Crippen LogP) is 4.97. The first kappa shape index (κ1) is 20.2. The summed E-state index contributed by atoms with van der Waals surface area (Å²) in [5.41, 5.74) is 0.792. The molecule has 1 aliphatic heterocycles. The van der Waals surface area contributed by atoms with E-state index in [9.17, 15) is 4.79 Å². The molecule has 0 fully saturated rings. The number of esters is 1. The monoisotopic (exact) mass is 326 g/mol. The smallest absolute Gasteiger partial charge is 0.308 e. The Morgan fingerprint density at radius 1 is 1.35 bits per heavy atom. The summed E-state index contributed by atoms with van der Waals surface area (Å²) < 4.78 is 4.75. The fourth-order valence-corrected chi connectivity index (χ4v) is 3.23. The van der Waals surface area contributed by atoms with E-state index in [1.807, 2.05) is 0 Å². The third-order valence-corrected chi connectivity index (χ3v) is 4.96. The molecule has 0 aliphatic carbocycles. The van der Waals surface area contributed by atoms with E-state index in [-0.39, 0.29) is 24.1 Å². The van der Waals surface area contributed by atoms with Crippen molar-refractivity contribution in [2.45, 2.75) is 90.8 Å². The van der Waals surface area contributed by atoms with Crippen molar-refractivity contribution in [3.8, 4) is 0 Å². The van der Waals surface area contributed by atoms with Crippen LogP contribution in [-0.4, -0.2) is 24.8 Å². The molecule has 134 valence electrons. The van der Waals surface area contributed by atoms with Gasteiger partial charge in [-0.25, -0.2) is 9.78 Å². The molecular formula is C19H34O4. The highest BCUT2D eigenvalue weighted by molar-refractivity contribution is 5.70.